The molecule has 2 aromatic rings. The number of rotatable bonds is 2. The minimum Gasteiger partial charge on any atom is -0.508 e. The predicted molar refractivity (Wildman–Crippen MR) is 69.9 cm³/mol. The first-order chi connectivity index (χ1) is 8.47. The third-order valence-corrected chi connectivity index (χ3v) is 2.55. The number of aromatic nitrogens is 3. The van der Waals surface area contributed by atoms with E-state index < -0.39 is 0 Å². The van der Waals surface area contributed by atoms with Gasteiger partial charge in [-0.2, -0.15) is 0 Å². The Bertz CT molecular complexity index is 534. The quantitative estimate of drug-likeness (QED) is 0.794. The number of nitrogens with zero attached hydrogens (tertiary/aromatic N) is 3. The van der Waals surface area contributed by atoms with Crippen molar-refractivity contribution >= 4 is 11.6 Å². The highest BCUT2D eigenvalue weighted by molar-refractivity contribution is 5.58. The summed E-state index contributed by atoms with van der Waals surface area (Å²) in [5.74, 6) is 0.777. The van der Waals surface area contributed by atoms with E-state index in [1.165, 1.54) is 12.7 Å². The standard InChI is InChI=1S/C13H16N4O/c1-13(2,3)10-6-9(4-5-11(10)18)17-12-15-7-14-8-16-12/h4-8,18H,1-3H3,(H,14,15,16,17). The summed E-state index contributed by atoms with van der Waals surface area (Å²) in [7, 11) is 0. The van der Waals surface area contributed by atoms with Crippen molar-refractivity contribution in [1.82, 2.24) is 15.0 Å². The smallest absolute Gasteiger partial charge is 0.230 e. The van der Waals surface area contributed by atoms with Gasteiger partial charge in [0.15, 0.2) is 0 Å². The van der Waals surface area contributed by atoms with Crippen LogP contribution in [-0.4, -0.2) is 20.1 Å². The van der Waals surface area contributed by atoms with Crippen LogP contribution in [0.2, 0.25) is 0 Å². The van der Waals surface area contributed by atoms with Gasteiger partial charge < -0.3 is 10.4 Å². The highest BCUT2D eigenvalue weighted by Gasteiger charge is 2.18. The number of phenolic OH excluding ortho intramolecular Hbond substituents is 1. The maximum absolute atomic E-state index is 9.87. The number of hydrogen-bond donors (Lipinski definition) is 2. The lowest BCUT2D eigenvalue weighted by molar-refractivity contribution is 0.447. The van der Waals surface area contributed by atoms with E-state index in [1.807, 2.05) is 6.07 Å². The van der Waals surface area contributed by atoms with Gasteiger partial charge in [-0.15, -0.1) is 0 Å². The molecule has 0 aliphatic heterocycles. The predicted octanol–water partition coefficient (Wildman–Crippen LogP) is 2.62. The van der Waals surface area contributed by atoms with Gasteiger partial charge in [-0.05, 0) is 23.6 Å². The first-order valence-electron chi connectivity index (χ1n) is 5.69. The Kier molecular flexibility index (Phi) is 3.14. The van der Waals surface area contributed by atoms with Crippen molar-refractivity contribution in [1.29, 1.82) is 0 Å². The minimum absolute atomic E-state index is 0.124. The van der Waals surface area contributed by atoms with Crippen LogP contribution in [0.4, 0.5) is 11.6 Å². The SMILES string of the molecule is CC(C)(C)c1cc(Nc2ncncn2)ccc1O. The summed E-state index contributed by atoms with van der Waals surface area (Å²) in [5, 5.41) is 12.9. The highest BCUT2D eigenvalue weighted by atomic mass is 16.3. The summed E-state index contributed by atoms with van der Waals surface area (Å²) in [4.78, 5) is 11.7. The molecular weight excluding hydrogens is 228 g/mol. The van der Waals surface area contributed by atoms with E-state index in [4.69, 9.17) is 0 Å². The second-order valence-electron chi connectivity index (χ2n) is 5.07. The van der Waals surface area contributed by atoms with Crippen LogP contribution in [0.25, 0.3) is 0 Å². The number of hydrogen-bond acceptors (Lipinski definition) is 5. The molecule has 5 heteroatoms. The Morgan fingerprint density at radius 2 is 1.78 bits per heavy atom. The van der Waals surface area contributed by atoms with E-state index in [-0.39, 0.29) is 5.41 Å². The molecule has 0 saturated heterocycles. The minimum atomic E-state index is -0.124. The van der Waals surface area contributed by atoms with Gasteiger partial charge in [-0.1, -0.05) is 20.8 Å². The number of anilines is 2. The van der Waals surface area contributed by atoms with Crippen LogP contribution < -0.4 is 5.32 Å². The second kappa shape index (κ2) is 4.60. The molecule has 94 valence electrons. The molecule has 0 bridgehead atoms. The normalized spacial score (nSPS) is 11.3. The van der Waals surface area contributed by atoms with Crippen molar-refractivity contribution in [3.8, 4) is 5.75 Å². The Labute approximate surface area is 106 Å². The van der Waals surface area contributed by atoms with Gasteiger partial charge in [-0.3, -0.25) is 0 Å². The zero-order valence-corrected chi connectivity index (χ0v) is 10.7. The van der Waals surface area contributed by atoms with E-state index in [0.717, 1.165) is 11.3 Å². The molecule has 0 fully saturated rings. The third kappa shape index (κ3) is 2.74. The number of phenols is 1. The average molecular weight is 244 g/mol. The van der Waals surface area contributed by atoms with Crippen LogP contribution in [0.1, 0.15) is 26.3 Å². The van der Waals surface area contributed by atoms with Crippen molar-refractivity contribution in [2.75, 3.05) is 5.32 Å². The molecule has 2 rings (SSSR count). The van der Waals surface area contributed by atoms with Gasteiger partial charge in [0.05, 0.1) is 0 Å². The van der Waals surface area contributed by atoms with Crippen molar-refractivity contribution in [3.05, 3.63) is 36.4 Å². The monoisotopic (exact) mass is 244 g/mol. The van der Waals surface area contributed by atoms with Gasteiger partial charge in [-0.25, -0.2) is 15.0 Å². The number of aromatic hydroxyl groups is 1. The molecule has 0 radical (unpaired) electrons. The lowest BCUT2D eigenvalue weighted by Crippen LogP contribution is -2.11. The first-order valence-corrected chi connectivity index (χ1v) is 5.69. The average Bonchev–Trinajstić information content (AvgIpc) is 2.31. The first kappa shape index (κ1) is 12.3. The molecule has 2 N–H and O–H groups in total. The summed E-state index contributed by atoms with van der Waals surface area (Å²) >= 11 is 0. The topological polar surface area (TPSA) is 70.9 Å². The van der Waals surface area contributed by atoms with Crippen molar-refractivity contribution in [2.45, 2.75) is 26.2 Å². The van der Waals surface area contributed by atoms with Crippen LogP contribution in [0.15, 0.2) is 30.9 Å². The van der Waals surface area contributed by atoms with Crippen LogP contribution in [0, 0.1) is 0 Å². The molecular formula is C13H16N4O. The van der Waals surface area contributed by atoms with E-state index in [1.54, 1.807) is 12.1 Å². The molecule has 0 aliphatic rings. The van der Waals surface area contributed by atoms with Gasteiger partial charge in [0.25, 0.3) is 0 Å². The number of nitrogens with one attached hydrogen (secondary N) is 1. The number of benzene rings is 1. The summed E-state index contributed by atoms with van der Waals surface area (Å²) < 4.78 is 0. The Hall–Kier alpha value is -2.17. The van der Waals surface area contributed by atoms with E-state index in [9.17, 15) is 5.11 Å². The Balaban J connectivity index is 2.31. The fourth-order valence-corrected chi connectivity index (χ4v) is 1.65. The van der Waals surface area contributed by atoms with Crippen LogP contribution in [0.3, 0.4) is 0 Å². The molecule has 5 nitrogen and oxygen atoms in total. The molecule has 0 aliphatic carbocycles. The zero-order chi connectivity index (χ0) is 13.2. The summed E-state index contributed by atoms with van der Waals surface area (Å²) in [6, 6.07) is 5.36. The van der Waals surface area contributed by atoms with E-state index in [2.05, 4.69) is 41.0 Å². The molecule has 18 heavy (non-hydrogen) atoms. The fraction of sp³-hybridized carbons (Fsp3) is 0.308. The molecule has 0 amide bonds. The zero-order valence-electron chi connectivity index (χ0n) is 10.7. The summed E-state index contributed by atoms with van der Waals surface area (Å²) in [5.41, 5.74) is 1.59. The van der Waals surface area contributed by atoms with Crippen LogP contribution >= 0.6 is 0 Å². The third-order valence-electron chi connectivity index (χ3n) is 2.55. The van der Waals surface area contributed by atoms with Gasteiger partial charge >= 0.3 is 0 Å². The van der Waals surface area contributed by atoms with E-state index in [0.29, 0.717) is 11.7 Å². The maximum atomic E-state index is 9.87. The van der Waals surface area contributed by atoms with Crippen LogP contribution in [-0.2, 0) is 5.41 Å². The molecule has 1 aromatic carbocycles. The highest BCUT2D eigenvalue weighted by Crippen LogP contribution is 2.33. The van der Waals surface area contributed by atoms with E-state index >= 15 is 0 Å². The lowest BCUT2D eigenvalue weighted by Gasteiger charge is -2.21. The molecule has 0 saturated carbocycles. The van der Waals surface area contributed by atoms with Crippen molar-refractivity contribution in [2.24, 2.45) is 0 Å². The van der Waals surface area contributed by atoms with Gasteiger partial charge in [0.1, 0.15) is 18.4 Å². The summed E-state index contributed by atoms with van der Waals surface area (Å²) in [6.45, 7) is 6.15. The Morgan fingerprint density at radius 1 is 1.11 bits per heavy atom. The van der Waals surface area contributed by atoms with Crippen LogP contribution in [0.5, 0.6) is 5.75 Å². The van der Waals surface area contributed by atoms with Gasteiger partial charge in [0.2, 0.25) is 5.95 Å². The molecule has 0 spiro atoms. The molecule has 1 heterocycles. The maximum Gasteiger partial charge on any atom is 0.230 e. The molecule has 0 atom stereocenters. The van der Waals surface area contributed by atoms with Crippen molar-refractivity contribution < 1.29 is 5.11 Å². The second-order valence-corrected chi connectivity index (χ2v) is 5.07. The van der Waals surface area contributed by atoms with Crippen molar-refractivity contribution in [3.63, 3.8) is 0 Å². The molecule has 1 aromatic heterocycles. The largest absolute Gasteiger partial charge is 0.508 e. The Morgan fingerprint density at radius 3 is 2.39 bits per heavy atom. The fourth-order valence-electron chi connectivity index (χ4n) is 1.65. The molecule has 0 unspecified atom stereocenters. The lowest BCUT2D eigenvalue weighted by atomic mass is 9.86. The summed E-state index contributed by atoms with van der Waals surface area (Å²) in [6.07, 6.45) is 2.86. The van der Waals surface area contributed by atoms with Gasteiger partial charge in [0, 0.05) is 11.3 Å².